The van der Waals surface area contributed by atoms with Gasteiger partial charge in [-0.3, -0.25) is 0 Å². The average Bonchev–Trinajstić information content (AvgIpc) is 3.19. The van der Waals surface area contributed by atoms with Crippen molar-refractivity contribution in [2.24, 2.45) is 5.92 Å². The number of aryl methyl sites for hydroxylation is 1. The van der Waals surface area contributed by atoms with Gasteiger partial charge in [-0.1, -0.05) is 12.1 Å². The van der Waals surface area contributed by atoms with Crippen LogP contribution in [0.25, 0.3) is 0 Å². The SMILES string of the molecule is COc1ccc(CCCNC(=O)N2CCCC(Cn3ccnc3)C2)cc1. The molecule has 140 valence electrons. The van der Waals surface area contributed by atoms with Crippen molar-refractivity contribution in [2.45, 2.75) is 32.2 Å². The Morgan fingerprint density at radius 1 is 1.35 bits per heavy atom. The summed E-state index contributed by atoms with van der Waals surface area (Å²) in [4.78, 5) is 18.5. The highest BCUT2D eigenvalue weighted by Crippen LogP contribution is 2.18. The second kappa shape index (κ2) is 9.27. The van der Waals surface area contributed by atoms with E-state index in [1.54, 1.807) is 13.3 Å². The van der Waals surface area contributed by atoms with Gasteiger partial charge in [0.15, 0.2) is 0 Å². The minimum atomic E-state index is 0.0649. The molecule has 1 aromatic carbocycles. The largest absolute Gasteiger partial charge is 0.497 e. The summed E-state index contributed by atoms with van der Waals surface area (Å²) in [5.41, 5.74) is 1.26. The Morgan fingerprint density at radius 2 is 2.19 bits per heavy atom. The van der Waals surface area contributed by atoms with Gasteiger partial charge in [-0.05, 0) is 49.3 Å². The van der Waals surface area contributed by atoms with E-state index in [1.165, 1.54) is 12.0 Å². The number of rotatable bonds is 7. The Balaban J connectivity index is 1.37. The third-order valence-corrected chi connectivity index (χ3v) is 4.91. The van der Waals surface area contributed by atoms with Crippen LogP contribution in [0, 0.1) is 5.92 Å². The number of methoxy groups -OCH3 is 1. The first-order chi connectivity index (χ1) is 12.7. The van der Waals surface area contributed by atoms with Gasteiger partial charge in [-0.25, -0.2) is 9.78 Å². The third kappa shape index (κ3) is 5.25. The summed E-state index contributed by atoms with van der Waals surface area (Å²) in [5, 5.41) is 3.07. The van der Waals surface area contributed by atoms with Crippen molar-refractivity contribution in [3.8, 4) is 5.75 Å². The second-order valence-electron chi connectivity index (χ2n) is 6.90. The van der Waals surface area contributed by atoms with Gasteiger partial charge in [-0.2, -0.15) is 0 Å². The highest BCUT2D eigenvalue weighted by molar-refractivity contribution is 5.74. The molecule has 1 N–H and O–H groups in total. The molecule has 6 heteroatoms. The Kier molecular flexibility index (Phi) is 6.52. The Morgan fingerprint density at radius 3 is 2.92 bits per heavy atom. The molecule has 0 spiro atoms. The first-order valence-electron chi connectivity index (χ1n) is 9.36. The number of benzene rings is 1. The Bertz CT molecular complexity index is 670. The number of amides is 2. The van der Waals surface area contributed by atoms with Crippen molar-refractivity contribution < 1.29 is 9.53 Å². The van der Waals surface area contributed by atoms with Gasteiger partial charge in [0, 0.05) is 38.6 Å². The van der Waals surface area contributed by atoms with E-state index >= 15 is 0 Å². The zero-order chi connectivity index (χ0) is 18.2. The molecule has 2 heterocycles. The zero-order valence-corrected chi connectivity index (χ0v) is 15.4. The molecular formula is C20H28N4O2. The maximum Gasteiger partial charge on any atom is 0.317 e. The minimum absolute atomic E-state index is 0.0649. The van der Waals surface area contributed by atoms with Crippen molar-refractivity contribution in [1.29, 1.82) is 0 Å². The lowest BCUT2D eigenvalue weighted by atomic mass is 9.98. The lowest BCUT2D eigenvalue weighted by Crippen LogP contribution is -2.46. The molecule has 0 aliphatic carbocycles. The maximum absolute atomic E-state index is 12.4. The van der Waals surface area contributed by atoms with Crippen molar-refractivity contribution in [3.05, 3.63) is 48.5 Å². The summed E-state index contributed by atoms with van der Waals surface area (Å²) in [6, 6.07) is 8.16. The van der Waals surface area contributed by atoms with Gasteiger partial charge in [0.05, 0.1) is 13.4 Å². The van der Waals surface area contributed by atoms with Gasteiger partial charge in [0.1, 0.15) is 5.75 Å². The molecule has 0 bridgehead atoms. The van der Waals surface area contributed by atoms with Gasteiger partial charge in [-0.15, -0.1) is 0 Å². The Hall–Kier alpha value is -2.50. The lowest BCUT2D eigenvalue weighted by Gasteiger charge is -2.33. The quantitative estimate of drug-likeness (QED) is 0.776. The van der Waals surface area contributed by atoms with E-state index in [1.807, 2.05) is 29.6 Å². The van der Waals surface area contributed by atoms with Crippen LogP contribution in [0.15, 0.2) is 43.0 Å². The zero-order valence-electron chi connectivity index (χ0n) is 15.4. The normalized spacial score (nSPS) is 17.1. The molecule has 3 rings (SSSR count). The molecule has 1 aromatic heterocycles. The van der Waals surface area contributed by atoms with E-state index in [4.69, 9.17) is 4.74 Å². The number of likely N-dealkylation sites (tertiary alicyclic amines) is 1. The van der Waals surface area contributed by atoms with E-state index in [9.17, 15) is 4.79 Å². The third-order valence-electron chi connectivity index (χ3n) is 4.91. The minimum Gasteiger partial charge on any atom is -0.497 e. The number of hydrogen-bond acceptors (Lipinski definition) is 3. The molecule has 1 aliphatic rings. The Labute approximate surface area is 155 Å². The molecule has 2 aromatic rings. The first-order valence-corrected chi connectivity index (χ1v) is 9.36. The van der Waals surface area contributed by atoms with Gasteiger partial charge < -0.3 is 19.5 Å². The number of nitrogens with zero attached hydrogens (tertiary/aromatic N) is 3. The number of nitrogens with one attached hydrogen (secondary N) is 1. The van der Waals surface area contributed by atoms with E-state index in [0.29, 0.717) is 12.5 Å². The van der Waals surface area contributed by atoms with Crippen molar-refractivity contribution in [1.82, 2.24) is 19.8 Å². The number of carbonyl (C=O) groups excluding carboxylic acids is 1. The highest BCUT2D eigenvalue weighted by atomic mass is 16.5. The fourth-order valence-electron chi connectivity index (χ4n) is 3.48. The van der Waals surface area contributed by atoms with E-state index in [2.05, 4.69) is 27.0 Å². The van der Waals surface area contributed by atoms with Gasteiger partial charge in [0.2, 0.25) is 0 Å². The summed E-state index contributed by atoms with van der Waals surface area (Å²) in [6.07, 6.45) is 9.75. The van der Waals surface area contributed by atoms with Crippen molar-refractivity contribution >= 4 is 6.03 Å². The summed E-state index contributed by atoms with van der Waals surface area (Å²) in [7, 11) is 1.67. The number of carbonyl (C=O) groups is 1. The molecule has 1 atom stereocenters. The summed E-state index contributed by atoms with van der Waals surface area (Å²) < 4.78 is 7.27. The standard InChI is InChI=1S/C20H28N4O2/c1-26-19-8-6-17(7-9-19)4-2-10-22-20(25)24-12-3-5-18(15-24)14-23-13-11-21-16-23/h6-9,11,13,16,18H,2-5,10,12,14-15H2,1H3,(H,22,25). The number of piperidine rings is 1. The van der Waals surface area contributed by atoms with Crippen molar-refractivity contribution in [3.63, 3.8) is 0 Å². The molecule has 1 unspecified atom stereocenters. The molecule has 0 saturated carbocycles. The molecule has 1 aliphatic heterocycles. The molecule has 1 fully saturated rings. The van der Waals surface area contributed by atoms with Crippen LogP contribution in [0.1, 0.15) is 24.8 Å². The summed E-state index contributed by atoms with van der Waals surface area (Å²) in [6.45, 7) is 3.31. The van der Waals surface area contributed by atoms with Gasteiger partial charge >= 0.3 is 6.03 Å². The van der Waals surface area contributed by atoms with E-state index in [0.717, 1.165) is 44.6 Å². The summed E-state index contributed by atoms with van der Waals surface area (Å²) >= 11 is 0. The molecule has 1 saturated heterocycles. The molecular weight excluding hydrogens is 328 g/mol. The number of aromatic nitrogens is 2. The van der Waals surface area contributed by atoms with Crippen LogP contribution in [0.5, 0.6) is 5.75 Å². The fraction of sp³-hybridized carbons (Fsp3) is 0.500. The maximum atomic E-state index is 12.4. The van der Waals surface area contributed by atoms with Crippen LogP contribution in [0.4, 0.5) is 4.79 Å². The second-order valence-corrected chi connectivity index (χ2v) is 6.90. The van der Waals surface area contributed by atoms with Crippen molar-refractivity contribution in [2.75, 3.05) is 26.7 Å². The topological polar surface area (TPSA) is 59.4 Å². The smallest absolute Gasteiger partial charge is 0.317 e. The first kappa shape index (κ1) is 18.3. The fourth-order valence-corrected chi connectivity index (χ4v) is 3.48. The van der Waals surface area contributed by atoms with E-state index < -0.39 is 0 Å². The average molecular weight is 356 g/mol. The van der Waals surface area contributed by atoms with Crippen LogP contribution in [-0.2, 0) is 13.0 Å². The molecule has 2 amide bonds. The predicted molar refractivity (Wildman–Crippen MR) is 101 cm³/mol. The van der Waals surface area contributed by atoms with Crippen LogP contribution >= 0.6 is 0 Å². The molecule has 26 heavy (non-hydrogen) atoms. The monoisotopic (exact) mass is 356 g/mol. The number of hydrogen-bond donors (Lipinski definition) is 1. The molecule has 0 radical (unpaired) electrons. The van der Waals surface area contributed by atoms with Crippen LogP contribution in [0.3, 0.4) is 0 Å². The van der Waals surface area contributed by atoms with E-state index in [-0.39, 0.29) is 6.03 Å². The lowest BCUT2D eigenvalue weighted by molar-refractivity contribution is 0.159. The number of urea groups is 1. The molecule has 6 nitrogen and oxygen atoms in total. The van der Waals surface area contributed by atoms with Crippen LogP contribution < -0.4 is 10.1 Å². The number of ether oxygens (including phenoxy) is 1. The van der Waals surface area contributed by atoms with Crippen LogP contribution in [0.2, 0.25) is 0 Å². The van der Waals surface area contributed by atoms with Crippen LogP contribution in [-0.4, -0.2) is 47.2 Å². The highest BCUT2D eigenvalue weighted by Gasteiger charge is 2.23. The predicted octanol–water partition coefficient (Wildman–Crippen LogP) is 2.95. The van der Waals surface area contributed by atoms with Gasteiger partial charge in [0.25, 0.3) is 0 Å². The number of imidazole rings is 1. The summed E-state index contributed by atoms with van der Waals surface area (Å²) in [5.74, 6) is 1.38.